The van der Waals surface area contributed by atoms with Crippen LogP contribution >= 0.6 is 23.8 Å². The molecule has 148 valence electrons. The number of nitrogens with zero attached hydrogens (tertiary/aromatic N) is 1. The predicted octanol–water partition coefficient (Wildman–Crippen LogP) is 5.36. The summed E-state index contributed by atoms with van der Waals surface area (Å²) in [7, 11) is 0. The van der Waals surface area contributed by atoms with Crippen LogP contribution in [0.3, 0.4) is 0 Å². The molecule has 2 aromatic carbocycles. The van der Waals surface area contributed by atoms with Crippen LogP contribution in [-0.2, 0) is 5.41 Å². The van der Waals surface area contributed by atoms with E-state index in [0.29, 0.717) is 10.6 Å². The van der Waals surface area contributed by atoms with Gasteiger partial charge in [0, 0.05) is 18.7 Å². The van der Waals surface area contributed by atoms with Crippen molar-refractivity contribution in [3.8, 4) is 0 Å². The van der Waals surface area contributed by atoms with E-state index >= 15 is 0 Å². The highest BCUT2D eigenvalue weighted by Crippen LogP contribution is 2.35. The second-order valence-electron chi connectivity index (χ2n) is 8.07. The highest BCUT2D eigenvalue weighted by atomic mass is 35.5. The van der Waals surface area contributed by atoms with E-state index in [9.17, 15) is 4.79 Å². The minimum absolute atomic E-state index is 0.0460. The summed E-state index contributed by atoms with van der Waals surface area (Å²) in [5.74, 6) is -0.234. The third-order valence-electron chi connectivity index (χ3n) is 4.90. The number of rotatable bonds is 3. The van der Waals surface area contributed by atoms with Crippen molar-refractivity contribution in [2.75, 3.05) is 23.3 Å². The fraction of sp³-hybridized carbons (Fsp3) is 0.364. The highest BCUT2D eigenvalue weighted by molar-refractivity contribution is 7.80. The Morgan fingerprint density at radius 2 is 1.71 bits per heavy atom. The summed E-state index contributed by atoms with van der Waals surface area (Å²) in [6.45, 7) is 8.37. The fourth-order valence-electron chi connectivity index (χ4n) is 3.33. The minimum Gasteiger partial charge on any atom is -0.369 e. The van der Waals surface area contributed by atoms with Crippen LogP contribution in [0.2, 0.25) is 5.02 Å². The molecule has 1 aliphatic heterocycles. The van der Waals surface area contributed by atoms with Crippen molar-refractivity contribution in [2.24, 2.45) is 0 Å². The molecule has 2 N–H and O–H groups in total. The number of thiocarbonyl (C=S) groups is 1. The number of anilines is 2. The zero-order valence-corrected chi connectivity index (χ0v) is 18.1. The number of carbonyl (C=O) groups is 1. The van der Waals surface area contributed by atoms with Gasteiger partial charge in [0.1, 0.15) is 0 Å². The Hall–Kier alpha value is -2.11. The van der Waals surface area contributed by atoms with Gasteiger partial charge in [-0.15, -0.1) is 0 Å². The largest absolute Gasteiger partial charge is 0.369 e. The van der Waals surface area contributed by atoms with Gasteiger partial charge in [-0.2, -0.15) is 0 Å². The molecule has 0 radical (unpaired) electrons. The Morgan fingerprint density at radius 1 is 1.07 bits per heavy atom. The number of hydrogen-bond acceptors (Lipinski definition) is 3. The summed E-state index contributed by atoms with van der Waals surface area (Å²) >= 11 is 11.8. The topological polar surface area (TPSA) is 44.4 Å². The molecule has 2 aromatic rings. The van der Waals surface area contributed by atoms with Crippen molar-refractivity contribution >= 4 is 46.2 Å². The van der Waals surface area contributed by atoms with Gasteiger partial charge in [-0.3, -0.25) is 10.1 Å². The monoisotopic (exact) mass is 415 g/mol. The molecule has 6 heteroatoms. The maximum Gasteiger partial charge on any atom is 0.257 e. The molecule has 0 spiro atoms. The molecule has 3 rings (SSSR count). The summed E-state index contributed by atoms with van der Waals surface area (Å²) in [6, 6.07) is 13.3. The van der Waals surface area contributed by atoms with Crippen LogP contribution in [0.5, 0.6) is 0 Å². The SMILES string of the molecule is CC(C)(C)c1ccc(C(=O)NC(=S)Nc2cccc(Cl)c2N2CCCC2)cc1. The summed E-state index contributed by atoms with van der Waals surface area (Å²) < 4.78 is 0. The number of carbonyl (C=O) groups excluding carboxylic acids is 1. The summed E-state index contributed by atoms with van der Waals surface area (Å²) in [5, 5.41) is 6.83. The first-order valence-corrected chi connectivity index (χ1v) is 10.3. The van der Waals surface area contributed by atoms with Crippen LogP contribution in [0.4, 0.5) is 11.4 Å². The lowest BCUT2D eigenvalue weighted by molar-refractivity contribution is 0.0977. The van der Waals surface area contributed by atoms with E-state index in [1.54, 1.807) is 0 Å². The van der Waals surface area contributed by atoms with Gasteiger partial charge in [-0.1, -0.05) is 50.6 Å². The van der Waals surface area contributed by atoms with E-state index in [2.05, 4.69) is 36.3 Å². The second-order valence-corrected chi connectivity index (χ2v) is 8.88. The van der Waals surface area contributed by atoms with Crippen molar-refractivity contribution in [2.45, 2.75) is 39.0 Å². The normalized spacial score (nSPS) is 14.1. The zero-order valence-electron chi connectivity index (χ0n) is 16.5. The molecular formula is C22H26ClN3OS. The Bertz CT molecular complexity index is 868. The third-order valence-corrected chi connectivity index (χ3v) is 5.41. The maximum absolute atomic E-state index is 12.5. The number of hydrogen-bond donors (Lipinski definition) is 2. The summed E-state index contributed by atoms with van der Waals surface area (Å²) in [6.07, 6.45) is 2.30. The molecule has 4 nitrogen and oxygen atoms in total. The molecule has 0 atom stereocenters. The number of benzene rings is 2. The molecule has 28 heavy (non-hydrogen) atoms. The van der Waals surface area contributed by atoms with Gasteiger partial charge in [0.25, 0.3) is 5.91 Å². The smallest absolute Gasteiger partial charge is 0.257 e. The molecule has 0 unspecified atom stereocenters. The van der Waals surface area contributed by atoms with E-state index in [0.717, 1.165) is 37.3 Å². The van der Waals surface area contributed by atoms with Gasteiger partial charge in [0.15, 0.2) is 5.11 Å². The Balaban J connectivity index is 1.69. The quantitative estimate of drug-likeness (QED) is 0.662. The third kappa shape index (κ3) is 4.83. The van der Waals surface area contributed by atoms with Crippen molar-refractivity contribution < 1.29 is 4.79 Å². The van der Waals surface area contributed by atoms with E-state index in [-0.39, 0.29) is 16.4 Å². The molecule has 1 saturated heterocycles. The molecule has 1 aliphatic rings. The average Bonchev–Trinajstić information content (AvgIpc) is 3.15. The Labute approximate surface area is 177 Å². The lowest BCUT2D eigenvalue weighted by Gasteiger charge is -2.23. The molecule has 1 heterocycles. The van der Waals surface area contributed by atoms with Gasteiger partial charge in [-0.05, 0) is 60.3 Å². The van der Waals surface area contributed by atoms with Crippen LogP contribution in [0.15, 0.2) is 42.5 Å². The number of nitrogens with one attached hydrogen (secondary N) is 2. The molecule has 1 amide bonds. The first-order valence-electron chi connectivity index (χ1n) is 9.52. The van der Waals surface area contributed by atoms with Gasteiger partial charge < -0.3 is 10.2 Å². The minimum atomic E-state index is -0.234. The van der Waals surface area contributed by atoms with Crippen molar-refractivity contribution in [3.63, 3.8) is 0 Å². The van der Waals surface area contributed by atoms with E-state index in [1.807, 2.05) is 42.5 Å². The highest BCUT2D eigenvalue weighted by Gasteiger charge is 2.20. The first kappa shape index (κ1) is 20.6. The Morgan fingerprint density at radius 3 is 2.32 bits per heavy atom. The lowest BCUT2D eigenvalue weighted by atomic mass is 9.87. The van der Waals surface area contributed by atoms with E-state index in [1.165, 1.54) is 5.56 Å². The summed E-state index contributed by atoms with van der Waals surface area (Å²) in [5.41, 5.74) is 3.54. The molecule has 1 fully saturated rings. The van der Waals surface area contributed by atoms with E-state index < -0.39 is 0 Å². The molecular weight excluding hydrogens is 390 g/mol. The van der Waals surface area contributed by atoms with Crippen LogP contribution in [-0.4, -0.2) is 24.1 Å². The van der Waals surface area contributed by atoms with Gasteiger partial charge >= 0.3 is 0 Å². The fourth-order valence-corrected chi connectivity index (χ4v) is 3.83. The van der Waals surface area contributed by atoms with Crippen LogP contribution in [0.1, 0.15) is 49.5 Å². The lowest BCUT2D eigenvalue weighted by Crippen LogP contribution is -2.34. The van der Waals surface area contributed by atoms with Crippen LogP contribution in [0.25, 0.3) is 0 Å². The van der Waals surface area contributed by atoms with E-state index in [4.69, 9.17) is 23.8 Å². The number of para-hydroxylation sites is 1. The average molecular weight is 416 g/mol. The Kier molecular flexibility index (Phi) is 6.26. The van der Waals surface area contributed by atoms with Crippen molar-refractivity contribution in [1.29, 1.82) is 0 Å². The van der Waals surface area contributed by atoms with Gasteiger partial charge in [-0.25, -0.2) is 0 Å². The van der Waals surface area contributed by atoms with Crippen molar-refractivity contribution in [1.82, 2.24) is 5.32 Å². The zero-order chi connectivity index (χ0) is 20.3. The predicted molar refractivity (Wildman–Crippen MR) is 122 cm³/mol. The summed E-state index contributed by atoms with van der Waals surface area (Å²) in [4.78, 5) is 14.8. The molecule has 0 aromatic heterocycles. The molecule has 0 aliphatic carbocycles. The van der Waals surface area contributed by atoms with Crippen LogP contribution < -0.4 is 15.5 Å². The maximum atomic E-state index is 12.5. The number of halogens is 1. The molecule has 0 bridgehead atoms. The van der Waals surface area contributed by atoms with Crippen LogP contribution in [0, 0.1) is 0 Å². The van der Waals surface area contributed by atoms with Gasteiger partial charge in [0.05, 0.1) is 16.4 Å². The number of amides is 1. The van der Waals surface area contributed by atoms with Gasteiger partial charge in [0.2, 0.25) is 0 Å². The second kappa shape index (κ2) is 8.50. The first-order chi connectivity index (χ1) is 13.3. The molecule has 0 saturated carbocycles. The van der Waals surface area contributed by atoms with Crippen molar-refractivity contribution in [3.05, 3.63) is 58.6 Å². The standard InChI is InChI=1S/C22H26ClN3OS/c1-22(2,3)16-11-9-15(10-12-16)20(27)25-21(28)24-18-8-6-7-17(23)19(18)26-13-4-5-14-26/h6-12H,4-5,13-14H2,1-3H3,(H2,24,25,27,28).